The van der Waals surface area contributed by atoms with Gasteiger partial charge in [-0.15, -0.1) is 0 Å². The van der Waals surface area contributed by atoms with Crippen LogP contribution in [0, 0.1) is 0 Å². The summed E-state index contributed by atoms with van der Waals surface area (Å²) >= 11 is 9.38. The number of halogens is 2. The molecule has 1 aromatic carbocycles. The van der Waals surface area contributed by atoms with Crippen molar-refractivity contribution >= 4 is 44.7 Å². The van der Waals surface area contributed by atoms with E-state index in [0.717, 1.165) is 10.0 Å². The Labute approximate surface area is 112 Å². The van der Waals surface area contributed by atoms with Crippen LogP contribution in [0.15, 0.2) is 27.1 Å². The SMILES string of the molecule is CC(C)(C)[S@@](=O)N=Cc1cccc(Br)c1Cl. The molecule has 0 saturated heterocycles. The molecule has 1 aromatic rings. The van der Waals surface area contributed by atoms with Crippen LogP contribution in [0.1, 0.15) is 26.3 Å². The molecule has 5 heteroatoms. The first-order valence-corrected chi connectivity index (χ1v) is 7.00. The van der Waals surface area contributed by atoms with Gasteiger partial charge in [-0.25, -0.2) is 4.21 Å². The molecule has 0 saturated carbocycles. The summed E-state index contributed by atoms with van der Waals surface area (Å²) < 4.78 is 16.2. The second-order valence-electron chi connectivity index (χ2n) is 4.24. The molecular formula is C11H13BrClNOS. The zero-order valence-corrected chi connectivity index (χ0v) is 12.5. The smallest absolute Gasteiger partial charge is 0.144 e. The molecule has 88 valence electrons. The Balaban J connectivity index is 2.94. The van der Waals surface area contributed by atoms with Crippen molar-refractivity contribution in [2.24, 2.45) is 4.40 Å². The molecular weight excluding hydrogens is 310 g/mol. The third-order valence-electron chi connectivity index (χ3n) is 1.79. The summed E-state index contributed by atoms with van der Waals surface area (Å²) in [6.45, 7) is 5.63. The molecule has 1 atom stereocenters. The Bertz CT molecular complexity index is 440. The number of hydrogen-bond acceptors (Lipinski definition) is 1. The molecule has 0 amide bonds. The number of hydrogen-bond donors (Lipinski definition) is 0. The molecule has 0 fully saturated rings. The lowest BCUT2D eigenvalue weighted by molar-refractivity contribution is 0.651. The second-order valence-corrected chi connectivity index (χ2v) is 7.41. The van der Waals surface area contributed by atoms with Gasteiger partial charge in [-0.2, -0.15) is 4.40 Å². The van der Waals surface area contributed by atoms with Crippen molar-refractivity contribution in [2.45, 2.75) is 25.5 Å². The van der Waals surface area contributed by atoms with E-state index in [1.54, 1.807) is 6.21 Å². The molecule has 0 aliphatic heterocycles. The Morgan fingerprint density at radius 2 is 2.06 bits per heavy atom. The van der Waals surface area contributed by atoms with Gasteiger partial charge in [0.25, 0.3) is 0 Å². The standard InChI is InChI=1S/C11H13BrClNOS/c1-11(2,3)16(15)14-7-8-5-4-6-9(12)10(8)13/h4-7H,1-3H3/t16-/m1/s1. The minimum absolute atomic E-state index is 0.352. The van der Waals surface area contributed by atoms with E-state index in [4.69, 9.17) is 11.6 Å². The minimum atomic E-state index is -1.26. The highest BCUT2D eigenvalue weighted by atomic mass is 79.9. The van der Waals surface area contributed by atoms with Crippen LogP contribution >= 0.6 is 27.5 Å². The van der Waals surface area contributed by atoms with E-state index < -0.39 is 11.0 Å². The predicted octanol–water partition coefficient (Wildman–Crippen LogP) is 3.98. The Kier molecular flexibility index (Phi) is 4.71. The highest BCUT2D eigenvalue weighted by Crippen LogP contribution is 2.25. The van der Waals surface area contributed by atoms with Gasteiger partial charge < -0.3 is 0 Å². The van der Waals surface area contributed by atoms with Crippen LogP contribution in [0.2, 0.25) is 5.02 Å². The molecule has 0 bridgehead atoms. The summed E-state index contributed by atoms with van der Waals surface area (Å²) in [5, 5.41) is 0.581. The molecule has 0 aliphatic rings. The molecule has 0 radical (unpaired) electrons. The first-order valence-electron chi connectivity index (χ1n) is 4.72. The molecule has 0 heterocycles. The molecule has 0 spiro atoms. The normalized spacial score (nSPS) is 14.3. The van der Waals surface area contributed by atoms with E-state index in [1.807, 2.05) is 39.0 Å². The maximum absolute atomic E-state index is 11.7. The molecule has 0 aliphatic carbocycles. The summed E-state index contributed by atoms with van der Waals surface area (Å²) in [5.74, 6) is 0. The third kappa shape index (κ3) is 3.68. The van der Waals surface area contributed by atoms with Crippen LogP contribution < -0.4 is 0 Å². The zero-order chi connectivity index (χ0) is 12.3. The van der Waals surface area contributed by atoms with Crippen LogP contribution in [-0.2, 0) is 11.0 Å². The lowest BCUT2D eigenvalue weighted by Crippen LogP contribution is -2.19. The molecule has 2 nitrogen and oxygen atoms in total. The minimum Gasteiger partial charge on any atom is -0.234 e. The average molecular weight is 323 g/mol. The van der Waals surface area contributed by atoms with Gasteiger partial charge >= 0.3 is 0 Å². The lowest BCUT2D eigenvalue weighted by Gasteiger charge is -2.12. The van der Waals surface area contributed by atoms with Crippen molar-refractivity contribution in [1.29, 1.82) is 0 Å². The van der Waals surface area contributed by atoms with E-state index in [-0.39, 0.29) is 4.75 Å². The van der Waals surface area contributed by atoms with Gasteiger partial charge in [0.2, 0.25) is 0 Å². The van der Waals surface area contributed by atoms with Gasteiger partial charge in [0, 0.05) is 16.3 Å². The molecule has 0 aromatic heterocycles. The van der Waals surface area contributed by atoms with Gasteiger partial charge in [0.1, 0.15) is 11.0 Å². The first-order chi connectivity index (χ1) is 7.32. The van der Waals surface area contributed by atoms with Crippen LogP contribution in [-0.4, -0.2) is 15.2 Å². The molecule has 0 N–H and O–H groups in total. The number of benzene rings is 1. The summed E-state index contributed by atoms with van der Waals surface area (Å²) in [6, 6.07) is 5.54. The summed E-state index contributed by atoms with van der Waals surface area (Å²) in [7, 11) is -1.26. The van der Waals surface area contributed by atoms with E-state index in [2.05, 4.69) is 20.3 Å². The molecule has 1 rings (SSSR count). The largest absolute Gasteiger partial charge is 0.234 e. The van der Waals surface area contributed by atoms with Crippen molar-refractivity contribution in [3.63, 3.8) is 0 Å². The fraction of sp³-hybridized carbons (Fsp3) is 0.364. The van der Waals surface area contributed by atoms with Crippen molar-refractivity contribution in [2.75, 3.05) is 0 Å². The van der Waals surface area contributed by atoms with Gasteiger partial charge in [-0.3, -0.25) is 0 Å². The Morgan fingerprint density at radius 3 is 2.62 bits per heavy atom. The molecule has 16 heavy (non-hydrogen) atoms. The van der Waals surface area contributed by atoms with Crippen LogP contribution in [0.5, 0.6) is 0 Å². The van der Waals surface area contributed by atoms with E-state index in [1.165, 1.54) is 0 Å². The van der Waals surface area contributed by atoms with E-state index >= 15 is 0 Å². The second kappa shape index (κ2) is 5.43. The maximum Gasteiger partial charge on any atom is 0.144 e. The van der Waals surface area contributed by atoms with Gasteiger partial charge in [0.05, 0.1) is 9.77 Å². The fourth-order valence-electron chi connectivity index (χ4n) is 0.883. The fourth-order valence-corrected chi connectivity index (χ4v) is 1.96. The van der Waals surface area contributed by atoms with Gasteiger partial charge in [-0.05, 0) is 42.8 Å². The summed E-state index contributed by atoms with van der Waals surface area (Å²) in [6.07, 6.45) is 1.55. The van der Waals surface area contributed by atoms with Crippen molar-refractivity contribution in [1.82, 2.24) is 0 Å². The van der Waals surface area contributed by atoms with Gasteiger partial charge in [-0.1, -0.05) is 23.7 Å². The highest BCUT2D eigenvalue weighted by Gasteiger charge is 2.18. The number of nitrogens with zero attached hydrogens (tertiary/aromatic N) is 1. The van der Waals surface area contributed by atoms with E-state index in [9.17, 15) is 4.21 Å². The zero-order valence-electron chi connectivity index (χ0n) is 9.33. The Morgan fingerprint density at radius 1 is 1.44 bits per heavy atom. The van der Waals surface area contributed by atoms with Crippen molar-refractivity contribution < 1.29 is 4.21 Å². The lowest BCUT2D eigenvalue weighted by atomic mass is 10.2. The summed E-state index contributed by atoms with van der Waals surface area (Å²) in [4.78, 5) is 0. The van der Waals surface area contributed by atoms with Crippen LogP contribution in [0.25, 0.3) is 0 Å². The first kappa shape index (κ1) is 13.9. The number of rotatable bonds is 2. The highest BCUT2D eigenvalue weighted by molar-refractivity contribution is 9.10. The monoisotopic (exact) mass is 321 g/mol. The van der Waals surface area contributed by atoms with Crippen LogP contribution in [0.3, 0.4) is 0 Å². The predicted molar refractivity (Wildman–Crippen MR) is 74.6 cm³/mol. The average Bonchev–Trinajstić information content (AvgIpc) is 2.18. The van der Waals surface area contributed by atoms with Crippen molar-refractivity contribution in [3.05, 3.63) is 33.3 Å². The van der Waals surface area contributed by atoms with Crippen molar-refractivity contribution in [3.8, 4) is 0 Å². The quantitative estimate of drug-likeness (QED) is 0.757. The van der Waals surface area contributed by atoms with Gasteiger partial charge in [0.15, 0.2) is 0 Å². The van der Waals surface area contributed by atoms with Crippen LogP contribution in [0.4, 0.5) is 0 Å². The Hall–Kier alpha value is -0.190. The topological polar surface area (TPSA) is 29.4 Å². The molecule has 0 unspecified atom stereocenters. The maximum atomic E-state index is 11.7. The summed E-state index contributed by atoms with van der Waals surface area (Å²) in [5.41, 5.74) is 0.758. The van der Waals surface area contributed by atoms with E-state index in [0.29, 0.717) is 5.02 Å². The third-order valence-corrected chi connectivity index (χ3v) is 4.45.